The summed E-state index contributed by atoms with van der Waals surface area (Å²) in [6, 6.07) is 5.51. The van der Waals surface area contributed by atoms with Crippen LogP contribution in [-0.4, -0.2) is 36.5 Å². The van der Waals surface area contributed by atoms with E-state index in [9.17, 15) is 27.2 Å². The second-order valence-electron chi connectivity index (χ2n) is 6.75. The van der Waals surface area contributed by atoms with Gasteiger partial charge in [-0.15, -0.1) is 0 Å². The molecule has 144 valence electrons. The number of hydrogen-bond acceptors (Lipinski definition) is 2. The van der Waals surface area contributed by atoms with Crippen molar-refractivity contribution < 1.29 is 27.2 Å². The highest BCUT2D eigenvalue weighted by Gasteiger charge is 2.47. The number of hydrogen-bond donors (Lipinski definition) is 1. The largest absolute Gasteiger partial charge is 0.416 e. The van der Waals surface area contributed by atoms with Gasteiger partial charge in [0.15, 0.2) is 0 Å². The first-order chi connectivity index (χ1) is 12.7. The number of nitrogens with one attached hydrogen (secondary N) is 1. The lowest BCUT2D eigenvalue weighted by Gasteiger charge is -2.26. The summed E-state index contributed by atoms with van der Waals surface area (Å²) in [6.45, 7) is 0.161. The maximum atomic E-state index is 13.8. The van der Waals surface area contributed by atoms with Crippen molar-refractivity contribution >= 4 is 17.5 Å². The Hall–Kier alpha value is -2.64. The van der Waals surface area contributed by atoms with Gasteiger partial charge in [0.1, 0.15) is 11.7 Å². The minimum atomic E-state index is -4.49. The molecular weight excluding hydrogens is 364 g/mol. The van der Waals surface area contributed by atoms with Crippen molar-refractivity contribution in [2.75, 3.05) is 18.9 Å². The van der Waals surface area contributed by atoms with Crippen molar-refractivity contribution in [2.45, 2.75) is 12.6 Å². The molecule has 1 aromatic rings. The summed E-state index contributed by atoms with van der Waals surface area (Å²) in [6.07, 6.45) is -0.697. The van der Waals surface area contributed by atoms with Crippen LogP contribution in [0.5, 0.6) is 0 Å². The van der Waals surface area contributed by atoms with Crippen LogP contribution in [0.2, 0.25) is 0 Å². The first kappa shape index (κ1) is 19.1. The van der Waals surface area contributed by atoms with E-state index in [-0.39, 0.29) is 12.2 Å². The Kier molecular flexibility index (Phi) is 5.08. The Labute approximate surface area is 153 Å². The van der Waals surface area contributed by atoms with E-state index >= 15 is 0 Å². The van der Waals surface area contributed by atoms with Crippen LogP contribution in [0.4, 0.5) is 23.2 Å². The van der Waals surface area contributed by atoms with Gasteiger partial charge < -0.3 is 10.2 Å². The smallest absolute Gasteiger partial charge is 0.345 e. The Morgan fingerprint density at radius 1 is 1.26 bits per heavy atom. The van der Waals surface area contributed by atoms with E-state index in [0.29, 0.717) is 6.42 Å². The van der Waals surface area contributed by atoms with Gasteiger partial charge in [-0.25, -0.2) is 4.39 Å². The molecule has 1 N–H and O–H groups in total. The van der Waals surface area contributed by atoms with Crippen LogP contribution in [0.1, 0.15) is 6.42 Å². The fourth-order valence-electron chi connectivity index (χ4n) is 3.59. The number of nitrogens with zero attached hydrogens (tertiary/aromatic N) is 1. The zero-order valence-corrected chi connectivity index (χ0v) is 14.5. The standard InChI is InChI=1S/C19H18F4N2O2/c1-25-10-13(11-5-4-6-12(9-11)19(21,22)23)16(18(25)27)17(26)24-15-8-3-2-7-14(15)20/h2-4,6-9,11,13,16H,5,10H2,1H3,(H,24,26)/t11?,13-,16?/m1/s1. The van der Waals surface area contributed by atoms with Crippen LogP contribution in [0, 0.1) is 23.6 Å². The second-order valence-corrected chi connectivity index (χ2v) is 6.75. The molecule has 1 aromatic carbocycles. The molecule has 2 amide bonds. The Morgan fingerprint density at radius 3 is 2.63 bits per heavy atom. The molecule has 1 fully saturated rings. The number of carbonyl (C=O) groups excluding carboxylic acids is 2. The minimum absolute atomic E-state index is 0.0707. The van der Waals surface area contributed by atoms with Gasteiger partial charge >= 0.3 is 6.18 Å². The average Bonchev–Trinajstić information content (AvgIpc) is 2.91. The van der Waals surface area contributed by atoms with E-state index in [4.69, 9.17) is 0 Å². The van der Waals surface area contributed by atoms with Gasteiger partial charge in [0.25, 0.3) is 0 Å². The molecule has 2 unspecified atom stereocenters. The van der Waals surface area contributed by atoms with Crippen LogP contribution in [0.15, 0.2) is 48.1 Å². The van der Waals surface area contributed by atoms with E-state index in [1.54, 1.807) is 0 Å². The molecule has 1 aliphatic heterocycles. The summed E-state index contributed by atoms with van der Waals surface area (Å²) in [5.41, 5.74) is -0.854. The fourth-order valence-corrected chi connectivity index (χ4v) is 3.59. The molecule has 1 heterocycles. The number of anilines is 1. The van der Waals surface area contributed by atoms with Crippen molar-refractivity contribution in [2.24, 2.45) is 17.8 Å². The highest BCUT2D eigenvalue weighted by Crippen LogP contribution is 2.39. The van der Waals surface area contributed by atoms with Crippen molar-refractivity contribution in [1.29, 1.82) is 0 Å². The molecular formula is C19H18F4N2O2. The summed E-state index contributed by atoms with van der Waals surface area (Å²) in [5, 5.41) is 2.39. The van der Waals surface area contributed by atoms with Gasteiger partial charge in [0.05, 0.1) is 11.3 Å². The van der Waals surface area contributed by atoms with E-state index < -0.39 is 47.1 Å². The Morgan fingerprint density at radius 2 is 1.96 bits per heavy atom. The topological polar surface area (TPSA) is 49.4 Å². The monoisotopic (exact) mass is 382 g/mol. The normalized spacial score (nSPS) is 25.5. The number of benzene rings is 1. The minimum Gasteiger partial charge on any atom is -0.345 e. The third kappa shape index (κ3) is 3.89. The van der Waals surface area contributed by atoms with Gasteiger partial charge in [-0.3, -0.25) is 9.59 Å². The number of likely N-dealkylation sites (tertiary alicyclic amines) is 1. The van der Waals surface area contributed by atoms with Crippen molar-refractivity contribution in [3.05, 3.63) is 53.9 Å². The Balaban J connectivity index is 1.85. The van der Waals surface area contributed by atoms with Crippen LogP contribution < -0.4 is 5.32 Å². The molecule has 0 spiro atoms. The van der Waals surface area contributed by atoms with Gasteiger partial charge in [-0.1, -0.05) is 30.4 Å². The van der Waals surface area contributed by atoms with E-state index in [2.05, 4.69) is 5.32 Å². The summed E-state index contributed by atoms with van der Waals surface area (Å²) in [7, 11) is 1.50. The van der Waals surface area contributed by atoms with E-state index in [1.165, 1.54) is 42.3 Å². The maximum Gasteiger partial charge on any atom is 0.416 e. The van der Waals surface area contributed by atoms with Crippen molar-refractivity contribution in [3.8, 4) is 0 Å². The quantitative estimate of drug-likeness (QED) is 0.642. The van der Waals surface area contributed by atoms with Crippen LogP contribution in [-0.2, 0) is 9.59 Å². The Bertz CT molecular complexity index is 816. The second kappa shape index (κ2) is 7.17. The third-order valence-corrected chi connectivity index (χ3v) is 4.95. The summed E-state index contributed by atoms with van der Waals surface area (Å²) < 4.78 is 52.9. The molecule has 8 heteroatoms. The molecule has 0 radical (unpaired) electrons. The molecule has 27 heavy (non-hydrogen) atoms. The number of carbonyl (C=O) groups is 2. The number of para-hydroxylation sites is 1. The van der Waals surface area contributed by atoms with Crippen LogP contribution in [0.3, 0.4) is 0 Å². The fraction of sp³-hybridized carbons (Fsp3) is 0.368. The molecule has 3 atom stereocenters. The summed E-state index contributed by atoms with van der Waals surface area (Å²) in [5.74, 6) is -4.26. The van der Waals surface area contributed by atoms with Crippen molar-refractivity contribution in [3.63, 3.8) is 0 Å². The molecule has 1 aliphatic carbocycles. The van der Waals surface area contributed by atoms with Crippen molar-refractivity contribution in [1.82, 2.24) is 4.90 Å². The molecule has 4 nitrogen and oxygen atoms in total. The van der Waals surface area contributed by atoms with Gasteiger partial charge in [0, 0.05) is 19.5 Å². The number of rotatable bonds is 3. The predicted molar refractivity (Wildman–Crippen MR) is 91.0 cm³/mol. The van der Waals surface area contributed by atoms with Gasteiger partial charge in [-0.2, -0.15) is 13.2 Å². The van der Waals surface area contributed by atoms with E-state index in [0.717, 1.165) is 12.2 Å². The summed E-state index contributed by atoms with van der Waals surface area (Å²) in [4.78, 5) is 26.5. The third-order valence-electron chi connectivity index (χ3n) is 4.95. The molecule has 3 rings (SSSR count). The first-order valence-electron chi connectivity index (χ1n) is 8.44. The molecule has 0 saturated carbocycles. The number of allylic oxidation sites excluding steroid dienone is 4. The average molecular weight is 382 g/mol. The first-order valence-corrected chi connectivity index (χ1v) is 8.44. The van der Waals surface area contributed by atoms with Crippen LogP contribution >= 0.6 is 0 Å². The molecule has 2 aliphatic rings. The van der Waals surface area contributed by atoms with E-state index in [1.807, 2.05) is 0 Å². The number of halogens is 4. The summed E-state index contributed by atoms with van der Waals surface area (Å²) >= 11 is 0. The lowest BCUT2D eigenvalue weighted by atomic mass is 9.78. The van der Waals surface area contributed by atoms with Gasteiger partial charge in [-0.05, 0) is 24.5 Å². The molecule has 1 saturated heterocycles. The number of amides is 2. The highest BCUT2D eigenvalue weighted by atomic mass is 19.4. The molecule has 0 aromatic heterocycles. The number of alkyl halides is 3. The predicted octanol–water partition coefficient (Wildman–Crippen LogP) is 3.53. The highest BCUT2D eigenvalue weighted by molar-refractivity contribution is 6.07. The molecule has 0 bridgehead atoms. The maximum absolute atomic E-state index is 13.8. The zero-order valence-electron chi connectivity index (χ0n) is 14.5. The SMILES string of the molecule is CN1C[C@H](C2C=C(C(F)(F)F)C=CC2)C(C(=O)Nc2ccccc2F)C1=O. The van der Waals surface area contributed by atoms with Gasteiger partial charge in [0.2, 0.25) is 11.8 Å². The lowest BCUT2D eigenvalue weighted by Crippen LogP contribution is -2.35. The van der Waals surface area contributed by atoms with Crippen LogP contribution in [0.25, 0.3) is 0 Å². The lowest BCUT2D eigenvalue weighted by molar-refractivity contribution is -0.135. The zero-order chi connectivity index (χ0) is 19.8.